The quantitative estimate of drug-likeness (QED) is 0.865. The van der Waals surface area contributed by atoms with Gasteiger partial charge in [0.2, 0.25) is 0 Å². The molecule has 3 heteroatoms. The van der Waals surface area contributed by atoms with E-state index in [0.29, 0.717) is 5.54 Å². The Morgan fingerprint density at radius 2 is 1.86 bits per heavy atom. The molecule has 2 heterocycles. The first-order valence-electron chi connectivity index (χ1n) is 9.48. The van der Waals surface area contributed by atoms with Crippen molar-refractivity contribution in [3.05, 3.63) is 0 Å². The van der Waals surface area contributed by atoms with Crippen molar-refractivity contribution in [3.8, 4) is 0 Å². The van der Waals surface area contributed by atoms with Gasteiger partial charge in [0.05, 0.1) is 0 Å². The largest absolute Gasteiger partial charge is 0.329 e. The van der Waals surface area contributed by atoms with Gasteiger partial charge in [-0.1, -0.05) is 19.8 Å². The van der Waals surface area contributed by atoms with Crippen LogP contribution in [0.1, 0.15) is 64.7 Å². The molecule has 0 amide bonds. The van der Waals surface area contributed by atoms with E-state index in [4.69, 9.17) is 5.73 Å². The van der Waals surface area contributed by atoms with Crippen molar-refractivity contribution in [3.63, 3.8) is 0 Å². The number of nitrogens with two attached hydrogens (primary N) is 1. The lowest BCUT2D eigenvalue weighted by molar-refractivity contribution is 0.0425. The summed E-state index contributed by atoms with van der Waals surface area (Å²) in [5, 5.41) is 0. The van der Waals surface area contributed by atoms with Gasteiger partial charge in [-0.3, -0.25) is 4.90 Å². The van der Waals surface area contributed by atoms with Gasteiger partial charge < -0.3 is 10.6 Å². The number of hydrogen-bond donors (Lipinski definition) is 1. The van der Waals surface area contributed by atoms with Crippen molar-refractivity contribution in [1.82, 2.24) is 9.80 Å². The number of nitrogens with zero attached hydrogens (tertiary/aromatic N) is 2. The summed E-state index contributed by atoms with van der Waals surface area (Å²) < 4.78 is 0. The highest BCUT2D eigenvalue weighted by molar-refractivity contribution is 5.02. The van der Waals surface area contributed by atoms with Crippen LogP contribution in [0.3, 0.4) is 0 Å². The first-order valence-corrected chi connectivity index (χ1v) is 9.48. The Balaban J connectivity index is 1.71. The maximum atomic E-state index is 6.37. The smallest absolute Gasteiger partial charge is 0.0347 e. The van der Waals surface area contributed by atoms with E-state index in [-0.39, 0.29) is 0 Å². The molecule has 0 bridgehead atoms. The molecule has 0 spiro atoms. The van der Waals surface area contributed by atoms with E-state index in [0.717, 1.165) is 18.5 Å². The fourth-order valence-corrected chi connectivity index (χ4v) is 5.38. The van der Waals surface area contributed by atoms with Crippen LogP contribution < -0.4 is 5.73 Å². The van der Waals surface area contributed by atoms with Crippen LogP contribution in [0.5, 0.6) is 0 Å². The molecular formula is C18H35N3. The zero-order valence-corrected chi connectivity index (χ0v) is 14.0. The topological polar surface area (TPSA) is 32.5 Å². The zero-order chi connectivity index (χ0) is 14.7. The van der Waals surface area contributed by atoms with Gasteiger partial charge in [-0.2, -0.15) is 0 Å². The Kier molecular flexibility index (Phi) is 5.23. The van der Waals surface area contributed by atoms with Gasteiger partial charge in [-0.15, -0.1) is 0 Å². The minimum Gasteiger partial charge on any atom is -0.329 e. The summed E-state index contributed by atoms with van der Waals surface area (Å²) in [5.41, 5.74) is 6.69. The molecule has 3 aliphatic rings. The molecule has 3 rings (SSSR count). The van der Waals surface area contributed by atoms with E-state index >= 15 is 0 Å². The molecular weight excluding hydrogens is 258 g/mol. The second kappa shape index (κ2) is 6.97. The third-order valence-corrected chi connectivity index (χ3v) is 6.55. The molecule has 122 valence electrons. The van der Waals surface area contributed by atoms with Gasteiger partial charge in [0, 0.05) is 18.1 Å². The van der Waals surface area contributed by atoms with Crippen LogP contribution in [0.4, 0.5) is 0 Å². The molecule has 0 aromatic rings. The Hall–Kier alpha value is -0.120. The molecule has 3 atom stereocenters. The number of rotatable bonds is 4. The highest BCUT2D eigenvalue weighted by Gasteiger charge is 2.46. The van der Waals surface area contributed by atoms with E-state index in [9.17, 15) is 0 Å². The average Bonchev–Trinajstić information content (AvgIpc) is 2.84. The summed E-state index contributed by atoms with van der Waals surface area (Å²) >= 11 is 0. The van der Waals surface area contributed by atoms with Crippen molar-refractivity contribution < 1.29 is 0 Å². The molecule has 1 aliphatic carbocycles. The minimum atomic E-state index is 0.319. The van der Waals surface area contributed by atoms with Crippen molar-refractivity contribution in [1.29, 1.82) is 0 Å². The van der Waals surface area contributed by atoms with Crippen LogP contribution in [-0.4, -0.2) is 54.1 Å². The third-order valence-electron chi connectivity index (χ3n) is 6.55. The number of hydrogen-bond acceptors (Lipinski definition) is 3. The van der Waals surface area contributed by atoms with Crippen LogP contribution in [0.15, 0.2) is 0 Å². The van der Waals surface area contributed by atoms with Crippen molar-refractivity contribution in [2.75, 3.05) is 32.7 Å². The SMILES string of the molecule is CCCN1CCCC(CN)(N2CCC3CCCCC32)CC1. The predicted molar refractivity (Wildman–Crippen MR) is 89.4 cm³/mol. The summed E-state index contributed by atoms with van der Waals surface area (Å²) in [6.07, 6.45) is 12.5. The molecule has 21 heavy (non-hydrogen) atoms. The monoisotopic (exact) mass is 293 g/mol. The standard InChI is InChI=1S/C18H35N3/c1-2-11-20-12-5-9-18(15-19,10-14-20)21-13-8-16-6-3-4-7-17(16)21/h16-17H,2-15,19H2,1H3. The van der Waals surface area contributed by atoms with Crippen molar-refractivity contribution in [2.24, 2.45) is 11.7 Å². The lowest BCUT2D eigenvalue weighted by Crippen LogP contribution is -2.57. The molecule has 2 saturated heterocycles. The second-order valence-corrected chi connectivity index (χ2v) is 7.72. The number of likely N-dealkylation sites (tertiary alicyclic amines) is 2. The molecule has 3 nitrogen and oxygen atoms in total. The van der Waals surface area contributed by atoms with Gasteiger partial charge in [0.15, 0.2) is 0 Å². The Morgan fingerprint density at radius 3 is 2.67 bits per heavy atom. The summed E-state index contributed by atoms with van der Waals surface area (Å²) in [4.78, 5) is 5.57. The zero-order valence-electron chi connectivity index (χ0n) is 14.0. The third kappa shape index (κ3) is 3.16. The Bertz CT molecular complexity index is 332. The van der Waals surface area contributed by atoms with E-state index in [2.05, 4.69) is 16.7 Å². The maximum Gasteiger partial charge on any atom is 0.0347 e. The lowest BCUT2D eigenvalue weighted by atomic mass is 9.82. The molecule has 2 aliphatic heterocycles. The lowest BCUT2D eigenvalue weighted by Gasteiger charge is -2.46. The van der Waals surface area contributed by atoms with Crippen LogP contribution in [0.2, 0.25) is 0 Å². The predicted octanol–water partition coefficient (Wildman–Crippen LogP) is 2.84. The van der Waals surface area contributed by atoms with Crippen LogP contribution >= 0.6 is 0 Å². The highest BCUT2D eigenvalue weighted by Crippen LogP contribution is 2.42. The average molecular weight is 293 g/mol. The Morgan fingerprint density at radius 1 is 1.00 bits per heavy atom. The van der Waals surface area contributed by atoms with Crippen molar-refractivity contribution in [2.45, 2.75) is 76.3 Å². The van der Waals surface area contributed by atoms with Crippen LogP contribution in [0, 0.1) is 5.92 Å². The van der Waals surface area contributed by atoms with E-state index in [1.165, 1.54) is 84.0 Å². The second-order valence-electron chi connectivity index (χ2n) is 7.72. The van der Waals surface area contributed by atoms with Crippen LogP contribution in [0.25, 0.3) is 0 Å². The van der Waals surface area contributed by atoms with Gasteiger partial charge in [-0.25, -0.2) is 0 Å². The molecule has 1 saturated carbocycles. The number of fused-ring (bicyclic) bond motifs is 1. The molecule has 3 fully saturated rings. The summed E-state index contributed by atoms with van der Waals surface area (Å²) in [6.45, 7) is 8.31. The summed E-state index contributed by atoms with van der Waals surface area (Å²) in [5.74, 6) is 0.983. The molecule has 0 aromatic carbocycles. The minimum absolute atomic E-state index is 0.319. The molecule has 2 N–H and O–H groups in total. The fraction of sp³-hybridized carbons (Fsp3) is 1.00. The molecule has 0 radical (unpaired) electrons. The first-order chi connectivity index (χ1) is 10.3. The van der Waals surface area contributed by atoms with E-state index in [1.54, 1.807) is 0 Å². The van der Waals surface area contributed by atoms with Crippen LogP contribution in [-0.2, 0) is 0 Å². The normalized spacial score (nSPS) is 39.1. The first kappa shape index (κ1) is 15.8. The van der Waals surface area contributed by atoms with Gasteiger partial charge >= 0.3 is 0 Å². The summed E-state index contributed by atoms with van der Waals surface area (Å²) in [7, 11) is 0. The van der Waals surface area contributed by atoms with Crippen molar-refractivity contribution >= 4 is 0 Å². The van der Waals surface area contributed by atoms with Gasteiger partial charge in [0.1, 0.15) is 0 Å². The molecule has 3 unspecified atom stereocenters. The van der Waals surface area contributed by atoms with Gasteiger partial charge in [0.25, 0.3) is 0 Å². The molecule has 0 aromatic heterocycles. The highest BCUT2D eigenvalue weighted by atomic mass is 15.3. The summed E-state index contributed by atoms with van der Waals surface area (Å²) in [6, 6.07) is 0.861. The maximum absolute atomic E-state index is 6.37. The van der Waals surface area contributed by atoms with E-state index < -0.39 is 0 Å². The fourth-order valence-electron chi connectivity index (χ4n) is 5.38. The van der Waals surface area contributed by atoms with Gasteiger partial charge in [-0.05, 0) is 77.0 Å². The van der Waals surface area contributed by atoms with E-state index in [1.807, 2.05) is 0 Å². The Labute approximate surface area is 131 Å².